The second-order valence-electron chi connectivity index (χ2n) is 7.77. The van der Waals surface area contributed by atoms with Gasteiger partial charge >= 0.3 is 0 Å². The van der Waals surface area contributed by atoms with Crippen LogP contribution in [0.25, 0.3) is 34.2 Å². The van der Waals surface area contributed by atoms with E-state index < -0.39 is 11.6 Å². The van der Waals surface area contributed by atoms with Crippen molar-refractivity contribution in [1.29, 1.82) is 0 Å². The Morgan fingerprint density at radius 1 is 0.818 bits per heavy atom. The number of ketones is 2. The summed E-state index contributed by atoms with van der Waals surface area (Å²) in [6, 6.07) is 21.9. The lowest BCUT2D eigenvalue weighted by molar-refractivity contribution is 0.0988. The van der Waals surface area contributed by atoms with Gasteiger partial charge in [0.15, 0.2) is 5.65 Å². The summed E-state index contributed by atoms with van der Waals surface area (Å²) in [4.78, 5) is 38.7. The number of carbonyl (C=O) groups is 2. The maximum atomic E-state index is 12.9. The Hall–Kier alpha value is -4.65. The summed E-state index contributed by atoms with van der Waals surface area (Å²) in [6.45, 7) is 0. The van der Waals surface area contributed by atoms with Crippen LogP contribution in [0.4, 0.5) is 0 Å². The maximum absolute atomic E-state index is 12.9. The molecule has 3 aromatic heterocycles. The number of para-hydroxylation sites is 1. The smallest absolute Gasteiger partial charge is 0.217 e. The third kappa shape index (κ3) is 2.86. The van der Waals surface area contributed by atoms with Gasteiger partial charge in [0.25, 0.3) is 0 Å². The number of aromatic nitrogens is 5. The molecule has 158 valence electrons. The van der Waals surface area contributed by atoms with Gasteiger partial charge in [-0.25, -0.2) is 15.0 Å². The van der Waals surface area contributed by atoms with Crippen molar-refractivity contribution in [2.24, 2.45) is 7.05 Å². The summed E-state index contributed by atoms with van der Waals surface area (Å²) in [5.41, 5.74) is 4.79. The normalized spacial score (nSPS) is 13.1. The summed E-state index contributed by atoms with van der Waals surface area (Å²) in [6.07, 6.45) is 4.37. The zero-order valence-corrected chi connectivity index (χ0v) is 17.6. The van der Waals surface area contributed by atoms with Gasteiger partial charge in [-0.3, -0.25) is 14.2 Å². The molecule has 0 spiro atoms. The first-order valence-electron chi connectivity index (χ1n) is 10.4. The van der Waals surface area contributed by atoms with E-state index in [9.17, 15) is 9.59 Å². The maximum Gasteiger partial charge on any atom is 0.217 e. The van der Waals surface area contributed by atoms with Crippen LogP contribution in [0.5, 0.6) is 0 Å². The van der Waals surface area contributed by atoms with E-state index in [1.165, 1.54) is 12.4 Å². The molecule has 0 N–H and O–H groups in total. The van der Waals surface area contributed by atoms with Crippen molar-refractivity contribution >= 4 is 28.8 Å². The van der Waals surface area contributed by atoms with E-state index in [1.807, 2.05) is 64.7 Å². The summed E-state index contributed by atoms with van der Waals surface area (Å²) >= 11 is 0. The molecule has 1 aliphatic carbocycles. The highest BCUT2D eigenvalue weighted by Gasteiger charge is 2.36. The summed E-state index contributed by atoms with van der Waals surface area (Å²) in [5, 5.41) is 0. The molecule has 0 fully saturated rings. The molecule has 7 heteroatoms. The second-order valence-corrected chi connectivity index (χ2v) is 7.77. The van der Waals surface area contributed by atoms with E-state index in [2.05, 4.69) is 28.2 Å². The highest BCUT2D eigenvalue weighted by Crippen LogP contribution is 2.32. The van der Waals surface area contributed by atoms with Crippen LogP contribution in [0.15, 0.2) is 84.7 Å². The predicted molar refractivity (Wildman–Crippen MR) is 124 cm³/mol. The van der Waals surface area contributed by atoms with Crippen LogP contribution in [-0.4, -0.2) is 35.7 Å². The predicted octanol–water partition coefficient (Wildman–Crippen LogP) is 4.28. The van der Waals surface area contributed by atoms with E-state index in [4.69, 9.17) is 4.98 Å². The number of benzene rings is 2. The lowest BCUT2D eigenvalue weighted by Gasteiger charge is -2.07. The Balaban J connectivity index is 1.58. The second kappa shape index (κ2) is 7.20. The quantitative estimate of drug-likeness (QED) is 0.314. The van der Waals surface area contributed by atoms with Gasteiger partial charge in [0.05, 0.1) is 16.8 Å². The third-order valence-electron chi connectivity index (χ3n) is 5.85. The number of hydrogen-bond acceptors (Lipinski definition) is 5. The number of nitrogens with zero attached hydrogens (tertiary/aromatic N) is 5. The number of Topliss-reactive ketones (excluding diaryl/α,β-unsaturated/α-hetero) is 2. The van der Waals surface area contributed by atoms with Crippen LogP contribution in [0.2, 0.25) is 0 Å². The van der Waals surface area contributed by atoms with Crippen molar-refractivity contribution in [1.82, 2.24) is 24.1 Å². The monoisotopic (exact) mass is 431 g/mol. The first-order chi connectivity index (χ1) is 16.1. The Morgan fingerprint density at radius 3 is 2.06 bits per heavy atom. The molecule has 6 rings (SSSR count). The van der Waals surface area contributed by atoms with Crippen LogP contribution < -0.4 is 0 Å². The highest BCUT2D eigenvalue weighted by atomic mass is 16.2. The van der Waals surface area contributed by atoms with Crippen LogP contribution in [0.1, 0.15) is 26.8 Å². The first-order valence-corrected chi connectivity index (χ1v) is 10.4. The number of aryl methyl sites for hydroxylation is 1. The van der Waals surface area contributed by atoms with Crippen molar-refractivity contribution in [3.05, 3.63) is 102 Å². The largest absolute Gasteiger partial charge is 0.327 e. The van der Waals surface area contributed by atoms with Gasteiger partial charge in [-0.05, 0) is 29.8 Å². The molecule has 3 heterocycles. The van der Waals surface area contributed by atoms with Gasteiger partial charge in [-0.2, -0.15) is 0 Å². The number of allylic oxidation sites excluding steroid dienone is 1. The van der Waals surface area contributed by atoms with Crippen LogP contribution in [0, 0.1) is 0 Å². The fraction of sp³-hybridized carbons (Fsp3) is 0.0385. The number of rotatable bonds is 3. The van der Waals surface area contributed by atoms with Crippen LogP contribution in [0.3, 0.4) is 0 Å². The van der Waals surface area contributed by atoms with Crippen molar-refractivity contribution in [3.8, 4) is 16.9 Å². The van der Waals surface area contributed by atoms with Crippen LogP contribution >= 0.6 is 0 Å². The summed E-state index contributed by atoms with van der Waals surface area (Å²) in [7, 11) is 1.96. The molecule has 0 amide bonds. The number of fused-ring (bicyclic) bond motifs is 2. The van der Waals surface area contributed by atoms with Gasteiger partial charge in [-0.15, -0.1) is 0 Å². The molecule has 0 saturated heterocycles. The molecule has 7 nitrogen and oxygen atoms in total. The molecule has 0 saturated carbocycles. The topological polar surface area (TPSA) is 82.7 Å². The van der Waals surface area contributed by atoms with Gasteiger partial charge in [0.2, 0.25) is 11.6 Å². The van der Waals surface area contributed by atoms with Gasteiger partial charge in [0.1, 0.15) is 17.2 Å². The number of carbonyl (C=O) groups excluding carboxylic acids is 2. The van der Waals surface area contributed by atoms with Crippen molar-refractivity contribution in [3.63, 3.8) is 0 Å². The highest BCUT2D eigenvalue weighted by molar-refractivity contribution is 6.40. The fourth-order valence-corrected chi connectivity index (χ4v) is 4.28. The minimum atomic E-state index is -0.431. The fourth-order valence-electron chi connectivity index (χ4n) is 4.28. The van der Waals surface area contributed by atoms with Crippen molar-refractivity contribution in [2.75, 3.05) is 0 Å². The summed E-state index contributed by atoms with van der Waals surface area (Å²) < 4.78 is 3.97. The Morgan fingerprint density at radius 2 is 1.42 bits per heavy atom. The van der Waals surface area contributed by atoms with Gasteiger partial charge in [-0.1, -0.05) is 48.5 Å². The molecular weight excluding hydrogens is 414 g/mol. The van der Waals surface area contributed by atoms with Gasteiger partial charge in [0, 0.05) is 25.1 Å². The standard InChI is InChI=1S/C26H17N5O2/c1-30-19(16-8-4-2-5-9-16)15-20-26(30)29-21(31(20)17-10-6-3-7-11-17)14-18-24(32)22-23(25(18)33)28-13-12-27-22/h2-15H,1H3. The molecule has 0 unspecified atom stereocenters. The molecule has 33 heavy (non-hydrogen) atoms. The zero-order valence-electron chi connectivity index (χ0n) is 17.6. The lowest BCUT2D eigenvalue weighted by Crippen LogP contribution is -2.04. The third-order valence-corrected chi connectivity index (χ3v) is 5.85. The van der Waals surface area contributed by atoms with Crippen molar-refractivity contribution < 1.29 is 9.59 Å². The Kier molecular flexibility index (Phi) is 4.16. The molecule has 0 bridgehead atoms. The average Bonchev–Trinajstić information content (AvgIpc) is 3.46. The van der Waals surface area contributed by atoms with E-state index in [0.29, 0.717) is 5.82 Å². The summed E-state index contributed by atoms with van der Waals surface area (Å²) in [5.74, 6) is -0.370. The molecule has 0 atom stereocenters. The Bertz CT molecular complexity index is 1560. The molecule has 2 aromatic carbocycles. The first kappa shape index (κ1) is 19.1. The molecule has 0 aliphatic heterocycles. The molecular formula is C26H17N5O2. The van der Waals surface area contributed by atoms with Gasteiger partial charge < -0.3 is 4.57 Å². The van der Waals surface area contributed by atoms with Crippen LogP contribution in [-0.2, 0) is 7.05 Å². The average molecular weight is 431 g/mol. The SMILES string of the molecule is Cn1c(-c2ccccc2)cc2c1nc(C=C1C(=O)c3nccnc3C1=O)n2-c1ccccc1. The number of hydrogen-bond donors (Lipinski definition) is 0. The Labute approximate surface area is 188 Å². The lowest BCUT2D eigenvalue weighted by atomic mass is 10.1. The molecule has 0 radical (unpaired) electrons. The van der Waals surface area contributed by atoms with E-state index >= 15 is 0 Å². The van der Waals surface area contributed by atoms with E-state index in [0.717, 1.165) is 28.1 Å². The molecule has 1 aliphatic rings. The zero-order chi connectivity index (χ0) is 22.5. The number of imidazole rings is 1. The minimum absolute atomic E-state index is 0.0203. The van der Waals surface area contributed by atoms with E-state index in [-0.39, 0.29) is 17.0 Å². The van der Waals surface area contributed by atoms with Crippen molar-refractivity contribution in [2.45, 2.75) is 0 Å². The molecule has 5 aromatic rings. The minimum Gasteiger partial charge on any atom is -0.327 e. The van der Waals surface area contributed by atoms with E-state index in [1.54, 1.807) is 6.08 Å².